The number of ketones is 1. The zero-order valence-electron chi connectivity index (χ0n) is 11.0. The van der Waals surface area contributed by atoms with Crippen LogP contribution in [-0.4, -0.2) is 15.6 Å². The number of rotatable bonds is 4. The minimum atomic E-state index is -1.40. The third kappa shape index (κ3) is 3.61. The van der Waals surface area contributed by atoms with E-state index >= 15 is 0 Å². The van der Waals surface area contributed by atoms with Crippen molar-refractivity contribution in [3.05, 3.63) is 50.3 Å². The molecular weight excluding hydrogens is 507 g/mol. The Labute approximate surface area is 156 Å². The number of carbonyl (C=O) groups is 1. The molecule has 0 amide bonds. The van der Waals surface area contributed by atoms with Crippen LogP contribution < -0.4 is 10.3 Å². The van der Waals surface area contributed by atoms with Crippen LogP contribution in [0.25, 0.3) is 0 Å². The van der Waals surface area contributed by atoms with E-state index in [0.29, 0.717) is 10.8 Å². The molecule has 0 fully saturated rings. The van der Waals surface area contributed by atoms with Crippen molar-refractivity contribution in [3.63, 3.8) is 0 Å². The maximum absolute atomic E-state index is 12.3. The molecule has 0 aliphatic heterocycles. The highest BCUT2D eigenvalue weighted by Gasteiger charge is 2.34. The van der Waals surface area contributed by atoms with E-state index in [0.717, 1.165) is 4.68 Å². The highest BCUT2D eigenvalue weighted by atomic mass is 79.9. The van der Waals surface area contributed by atoms with Crippen molar-refractivity contribution in [3.8, 4) is 11.5 Å². The first-order valence-electron chi connectivity index (χ1n) is 5.84. The highest BCUT2D eigenvalue weighted by molar-refractivity contribution is 9.25. The van der Waals surface area contributed by atoms with Crippen molar-refractivity contribution in [1.82, 2.24) is 9.78 Å². The van der Waals surface area contributed by atoms with Gasteiger partial charge in [-0.2, -0.15) is 9.78 Å². The van der Waals surface area contributed by atoms with Gasteiger partial charge in [-0.1, -0.05) is 11.6 Å². The molecule has 2 rings (SSSR count). The molecule has 0 aliphatic rings. The van der Waals surface area contributed by atoms with Crippen molar-refractivity contribution >= 4 is 65.2 Å². The van der Waals surface area contributed by atoms with E-state index < -0.39 is 8.92 Å². The van der Waals surface area contributed by atoms with E-state index in [1.54, 1.807) is 24.3 Å². The minimum absolute atomic E-state index is 0.141. The van der Waals surface area contributed by atoms with Gasteiger partial charge in [0, 0.05) is 5.02 Å². The van der Waals surface area contributed by atoms with Gasteiger partial charge in [-0.3, -0.25) is 9.59 Å². The monoisotopic (exact) mass is 512 g/mol. The maximum Gasteiger partial charge on any atom is 0.287 e. The van der Waals surface area contributed by atoms with Crippen LogP contribution in [0.5, 0.6) is 11.5 Å². The van der Waals surface area contributed by atoms with Gasteiger partial charge in [0.15, 0.2) is 11.5 Å². The average molecular weight is 515 g/mol. The molecule has 9 heteroatoms. The number of aromatic nitrogens is 2. The van der Waals surface area contributed by atoms with Crippen LogP contribution in [0.1, 0.15) is 6.92 Å². The third-order valence-electron chi connectivity index (χ3n) is 2.62. The highest BCUT2D eigenvalue weighted by Crippen LogP contribution is 2.33. The smallest absolute Gasteiger partial charge is 0.287 e. The molecular formula is C13H8Br3ClN2O3. The lowest BCUT2D eigenvalue weighted by molar-refractivity contribution is -0.118. The van der Waals surface area contributed by atoms with Crippen LogP contribution in [0.15, 0.2) is 39.7 Å². The summed E-state index contributed by atoms with van der Waals surface area (Å²) < 4.78 is 5.28. The molecule has 0 spiro atoms. The van der Waals surface area contributed by atoms with Crippen LogP contribution in [0.4, 0.5) is 0 Å². The summed E-state index contributed by atoms with van der Waals surface area (Å²) in [5.74, 6) is 0.392. The van der Waals surface area contributed by atoms with Crippen molar-refractivity contribution in [2.75, 3.05) is 0 Å². The largest absolute Gasteiger partial charge is 0.454 e. The molecule has 0 atom stereocenters. The third-order valence-corrected chi connectivity index (χ3v) is 5.39. The van der Waals surface area contributed by atoms with Gasteiger partial charge in [-0.25, -0.2) is 0 Å². The van der Waals surface area contributed by atoms with Crippen molar-refractivity contribution < 1.29 is 9.53 Å². The van der Waals surface area contributed by atoms with Crippen LogP contribution >= 0.6 is 59.4 Å². The van der Waals surface area contributed by atoms with Crippen molar-refractivity contribution in [2.24, 2.45) is 0 Å². The van der Waals surface area contributed by atoms with E-state index in [4.69, 9.17) is 16.3 Å². The molecule has 0 saturated carbocycles. The van der Waals surface area contributed by atoms with Crippen molar-refractivity contribution in [2.45, 2.75) is 10.3 Å². The fourth-order valence-corrected chi connectivity index (χ4v) is 2.45. The molecule has 1 heterocycles. The van der Waals surface area contributed by atoms with Gasteiger partial charge in [-0.05, 0) is 79.0 Å². The van der Waals surface area contributed by atoms with Crippen LogP contribution in [-0.2, 0) is 8.15 Å². The number of ether oxygens (including phenoxy) is 1. The summed E-state index contributed by atoms with van der Waals surface area (Å²) in [6.07, 6.45) is 1.33. The first-order chi connectivity index (χ1) is 10.2. The van der Waals surface area contributed by atoms with E-state index in [2.05, 4.69) is 52.9 Å². The van der Waals surface area contributed by atoms with Crippen LogP contribution in [0.3, 0.4) is 0 Å². The summed E-state index contributed by atoms with van der Waals surface area (Å²) in [6.45, 7) is 1.32. The molecule has 2 aromatic rings. The first-order valence-corrected chi connectivity index (χ1v) is 8.59. The molecule has 0 bridgehead atoms. The lowest BCUT2D eigenvalue weighted by Gasteiger charge is -2.19. The molecule has 0 N–H and O–H groups in total. The summed E-state index contributed by atoms with van der Waals surface area (Å²) in [5, 5.41) is 4.53. The van der Waals surface area contributed by atoms with Crippen LogP contribution in [0, 0.1) is 0 Å². The second-order valence-electron chi connectivity index (χ2n) is 4.19. The lowest BCUT2D eigenvalue weighted by Crippen LogP contribution is -2.38. The molecule has 0 radical (unpaired) electrons. The Hall–Kier alpha value is -0.700. The van der Waals surface area contributed by atoms with Crippen molar-refractivity contribution in [1.29, 1.82) is 0 Å². The Bertz CT molecular complexity index is 775. The van der Waals surface area contributed by atoms with E-state index in [1.165, 1.54) is 13.1 Å². The van der Waals surface area contributed by atoms with Gasteiger partial charge in [0.25, 0.3) is 5.56 Å². The number of Topliss-reactive ketones (excluding diaryl/α,β-unsaturated/α-hetero) is 1. The fraction of sp³-hybridized carbons (Fsp3) is 0.154. The maximum atomic E-state index is 12.3. The zero-order valence-corrected chi connectivity index (χ0v) is 16.5. The van der Waals surface area contributed by atoms with Gasteiger partial charge in [0.05, 0.1) is 6.20 Å². The number of halogens is 4. The molecule has 0 unspecified atom stereocenters. The van der Waals surface area contributed by atoms with Crippen LogP contribution in [0.2, 0.25) is 5.02 Å². The van der Waals surface area contributed by atoms with Gasteiger partial charge < -0.3 is 4.74 Å². The standard InChI is InChI=1S/C13H8Br3ClN2O3/c1-7(20)13(15,16)19-12(21)11(14)10(6-18-19)22-9-4-2-8(17)3-5-9/h2-6H,1H3. The molecule has 5 nitrogen and oxygen atoms in total. The molecule has 22 heavy (non-hydrogen) atoms. The first kappa shape index (κ1) is 17.7. The van der Waals surface area contributed by atoms with Gasteiger partial charge >= 0.3 is 0 Å². The SMILES string of the molecule is CC(=O)C(Br)(Br)n1ncc(Oc2ccc(Cl)cc2)c(Br)c1=O. The minimum Gasteiger partial charge on any atom is -0.454 e. The number of carbonyl (C=O) groups excluding carboxylic acids is 1. The van der Waals surface area contributed by atoms with E-state index in [1.807, 2.05) is 0 Å². The fourth-order valence-electron chi connectivity index (χ4n) is 1.47. The predicted molar refractivity (Wildman–Crippen MR) is 94.2 cm³/mol. The normalized spacial score (nSPS) is 11.3. The molecule has 1 aromatic heterocycles. The Morgan fingerprint density at radius 2 is 1.91 bits per heavy atom. The van der Waals surface area contributed by atoms with Gasteiger partial charge in [0.1, 0.15) is 10.2 Å². The summed E-state index contributed by atoms with van der Waals surface area (Å²) >= 11 is 15.2. The van der Waals surface area contributed by atoms with E-state index in [9.17, 15) is 9.59 Å². The molecule has 116 valence electrons. The second kappa shape index (κ2) is 6.82. The number of hydrogen-bond donors (Lipinski definition) is 0. The average Bonchev–Trinajstić information content (AvgIpc) is 2.46. The quantitative estimate of drug-likeness (QED) is 0.565. The van der Waals surface area contributed by atoms with Gasteiger partial charge in [0.2, 0.25) is 3.36 Å². The second-order valence-corrected chi connectivity index (χ2v) is 8.78. The number of hydrogen-bond acceptors (Lipinski definition) is 4. The predicted octanol–water partition coefficient (Wildman–Crippen LogP) is 4.44. The Morgan fingerprint density at radius 1 is 1.32 bits per heavy atom. The Morgan fingerprint density at radius 3 is 2.45 bits per heavy atom. The molecule has 1 aromatic carbocycles. The summed E-state index contributed by atoms with van der Waals surface area (Å²) in [4.78, 5) is 23.9. The summed E-state index contributed by atoms with van der Waals surface area (Å²) in [6, 6.07) is 6.65. The molecule has 0 aliphatic carbocycles. The number of nitrogens with zero attached hydrogens (tertiary/aromatic N) is 2. The topological polar surface area (TPSA) is 61.2 Å². The van der Waals surface area contributed by atoms with E-state index in [-0.39, 0.29) is 16.0 Å². The molecule has 0 saturated heterocycles. The van der Waals surface area contributed by atoms with Gasteiger partial charge in [-0.15, -0.1) is 0 Å². The summed E-state index contributed by atoms with van der Waals surface area (Å²) in [5.41, 5.74) is -0.532. The summed E-state index contributed by atoms with van der Waals surface area (Å²) in [7, 11) is 0. The Kier molecular flexibility index (Phi) is 5.47. The Balaban J connectivity index is 2.41. The number of alkyl halides is 2. The lowest BCUT2D eigenvalue weighted by atomic mass is 10.3. The number of benzene rings is 1. The zero-order chi connectivity index (χ0) is 16.5.